The Labute approximate surface area is 186 Å². The summed E-state index contributed by atoms with van der Waals surface area (Å²) in [6.45, 7) is 4.16. The molecule has 32 heavy (non-hydrogen) atoms. The predicted octanol–water partition coefficient (Wildman–Crippen LogP) is 3.67. The number of carbonyl (C=O) groups is 2. The van der Waals surface area contributed by atoms with Crippen molar-refractivity contribution < 1.29 is 14.0 Å². The molecule has 2 aromatic carbocycles. The maximum absolute atomic E-state index is 14.4. The van der Waals surface area contributed by atoms with Gasteiger partial charge in [0.25, 0.3) is 5.91 Å². The molecule has 164 valence electrons. The van der Waals surface area contributed by atoms with Gasteiger partial charge in [-0.1, -0.05) is 12.1 Å². The molecule has 1 aliphatic heterocycles. The Morgan fingerprint density at radius 1 is 0.938 bits per heavy atom. The highest BCUT2D eigenvalue weighted by atomic mass is 19.1. The van der Waals surface area contributed by atoms with Crippen LogP contribution in [0, 0.1) is 5.82 Å². The summed E-state index contributed by atoms with van der Waals surface area (Å²) in [7, 11) is 0. The number of halogens is 1. The van der Waals surface area contributed by atoms with Crippen molar-refractivity contribution >= 4 is 17.4 Å². The first kappa shape index (κ1) is 20.4. The fraction of sp³-hybridized carbons (Fsp3) is 0.320. The molecule has 0 radical (unpaired) electrons. The minimum absolute atomic E-state index is 0.0503. The third kappa shape index (κ3) is 3.57. The van der Waals surface area contributed by atoms with Gasteiger partial charge < -0.3 is 9.80 Å². The van der Waals surface area contributed by atoms with E-state index in [9.17, 15) is 14.0 Å². The van der Waals surface area contributed by atoms with Crippen LogP contribution in [-0.2, 0) is 12.8 Å². The number of ketones is 1. The van der Waals surface area contributed by atoms with E-state index in [4.69, 9.17) is 0 Å². The fourth-order valence-electron chi connectivity index (χ4n) is 4.66. The average molecular weight is 432 g/mol. The van der Waals surface area contributed by atoms with Crippen LogP contribution < -0.4 is 4.90 Å². The number of rotatable bonds is 4. The van der Waals surface area contributed by atoms with E-state index in [0.717, 1.165) is 36.2 Å². The molecule has 0 unspecified atom stereocenters. The van der Waals surface area contributed by atoms with E-state index in [1.807, 2.05) is 29.2 Å². The highest BCUT2D eigenvalue weighted by molar-refractivity contribution is 5.95. The van der Waals surface area contributed by atoms with Crippen molar-refractivity contribution in [2.75, 3.05) is 31.1 Å². The molecule has 7 heteroatoms. The number of hydrogen-bond donors (Lipinski definition) is 0. The number of benzene rings is 2. The third-order valence-electron chi connectivity index (χ3n) is 6.42. The Balaban J connectivity index is 1.33. The van der Waals surface area contributed by atoms with Crippen molar-refractivity contribution in [2.24, 2.45) is 0 Å². The molecule has 0 atom stereocenters. The number of nitrogens with zero attached hydrogens (tertiary/aromatic N) is 4. The summed E-state index contributed by atoms with van der Waals surface area (Å²) < 4.78 is 16.0. The highest BCUT2D eigenvalue weighted by Crippen LogP contribution is 2.30. The van der Waals surface area contributed by atoms with Gasteiger partial charge in [-0.3, -0.25) is 9.59 Å². The summed E-state index contributed by atoms with van der Waals surface area (Å²) in [6.07, 6.45) is 2.55. The van der Waals surface area contributed by atoms with Crippen molar-refractivity contribution in [1.29, 1.82) is 0 Å². The minimum Gasteiger partial charge on any atom is -0.368 e. The lowest BCUT2D eigenvalue weighted by molar-refractivity contribution is 0.0739. The normalized spacial score (nSPS) is 15.7. The Bertz CT molecular complexity index is 1180. The SMILES string of the molecule is CC(=O)c1ccc(N2CCN(C(=O)c3nn(-c4ccccc4F)c4c3CCC4)CC2)cc1. The Morgan fingerprint density at radius 3 is 2.34 bits per heavy atom. The number of fused-ring (bicyclic) bond motifs is 1. The monoisotopic (exact) mass is 432 g/mol. The third-order valence-corrected chi connectivity index (χ3v) is 6.42. The van der Waals surface area contributed by atoms with Crippen LogP contribution in [0.3, 0.4) is 0 Å². The first-order valence-electron chi connectivity index (χ1n) is 11.0. The van der Waals surface area contributed by atoms with Crippen molar-refractivity contribution in [2.45, 2.75) is 26.2 Å². The zero-order chi connectivity index (χ0) is 22.2. The van der Waals surface area contributed by atoms with Crippen molar-refractivity contribution in [3.8, 4) is 5.69 Å². The molecule has 0 bridgehead atoms. The molecule has 1 aromatic heterocycles. The molecule has 1 fully saturated rings. The van der Waals surface area contributed by atoms with Gasteiger partial charge in [0.05, 0.1) is 0 Å². The van der Waals surface area contributed by atoms with Crippen LogP contribution in [0.25, 0.3) is 5.69 Å². The number of Topliss-reactive ketones (excluding diaryl/α,β-unsaturated/α-hetero) is 1. The van der Waals surface area contributed by atoms with Crippen LogP contribution in [0.2, 0.25) is 0 Å². The molecular weight excluding hydrogens is 407 g/mol. The van der Waals surface area contributed by atoms with E-state index in [1.165, 1.54) is 6.07 Å². The van der Waals surface area contributed by atoms with E-state index in [0.29, 0.717) is 43.1 Å². The number of carbonyl (C=O) groups excluding carboxylic acids is 2. The predicted molar refractivity (Wildman–Crippen MR) is 120 cm³/mol. The number of hydrogen-bond acceptors (Lipinski definition) is 4. The van der Waals surface area contributed by atoms with Gasteiger partial charge in [0.1, 0.15) is 11.5 Å². The van der Waals surface area contributed by atoms with E-state index < -0.39 is 0 Å². The van der Waals surface area contributed by atoms with Gasteiger partial charge >= 0.3 is 0 Å². The van der Waals surface area contributed by atoms with E-state index >= 15 is 0 Å². The van der Waals surface area contributed by atoms with Gasteiger partial charge in [-0.15, -0.1) is 0 Å². The Morgan fingerprint density at radius 2 is 1.66 bits per heavy atom. The molecule has 2 heterocycles. The van der Waals surface area contributed by atoms with Crippen LogP contribution in [0.15, 0.2) is 48.5 Å². The second kappa shape index (κ2) is 8.22. The first-order valence-corrected chi connectivity index (χ1v) is 11.0. The number of para-hydroxylation sites is 1. The molecule has 3 aromatic rings. The van der Waals surface area contributed by atoms with E-state index in [-0.39, 0.29) is 17.5 Å². The molecule has 0 spiro atoms. The van der Waals surface area contributed by atoms with Gasteiger partial charge in [-0.05, 0) is 62.6 Å². The van der Waals surface area contributed by atoms with Gasteiger partial charge in [0.15, 0.2) is 11.5 Å². The van der Waals surface area contributed by atoms with Crippen LogP contribution in [0.5, 0.6) is 0 Å². The topological polar surface area (TPSA) is 58.4 Å². The Hall–Kier alpha value is -3.48. The summed E-state index contributed by atoms with van der Waals surface area (Å²) in [6, 6.07) is 14.1. The molecule has 2 aliphatic rings. The second-order valence-corrected chi connectivity index (χ2v) is 8.37. The molecule has 1 saturated heterocycles. The summed E-state index contributed by atoms with van der Waals surface area (Å²) in [5.41, 5.74) is 4.50. The van der Waals surface area contributed by atoms with Crippen molar-refractivity contribution in [3.05, 3.63) is 76.9 Å². The van der Waals surface area contributed by atoms with Gasteiger partial charge in [0, 0.05) is 48.7 Å². The molecule has 1 amide bonds. The minimum atomic E-state index is -0.340. The number of piperazine rings is 1. The summed E-state index contributed by atoms with van der Waals surface area (Å²) in [5.74, 6) is -0.368. The first-order chi connectivity index (χ1) is 15.5. The zero-order valence-electron chi connectivity index (χ0n) is 18.1. The van der Waals surface area contributed by atoms with Gasteiger partial charge in [-0.25, -0.2) is 9.07 Å². The highest BCUT2D eigenvalue weighted by Gasteiger charge is 2.31. The molecule has 0 saturated carbocycles. The Kier molecular flexibility index (Phi) is 5.25. The zero-order valence-corrected chi connectivity index (χ0v) is 18.1. The fourth-order valence-corrected chi connectivity index (χ4v) is 4.66. The lowest BCUT2D eigenvalue weighted by atomic mass is 10.1. The van der Waals surface area contributed by atoms with E-state index in [2.05, 4.69) is 10.00 Å². The summed E-state index contributed by atoms with van der Waals surface area (Å²) >= 11 is 0. The standard InChI is InChI=1S/C25H25FN4O2/c1-17(31)18-9-11-19(12-10-18)28-13-15-29(16-14-28)25(32)24-20-5-4-8-22(20)30(27-24)23-7-3-2-6-21(23)26/h2-3,6-7,9-12H,4-5,8,13-16H2,1H3. The molecule has 1 aliphatic carbocycles. The van der Waals surface area contributed by atoms with E-state index in [1.54, 1.807) is 29.8 Å². The van der Waals surface area contributed by atoms with Gasteiger partial charge in [0.2, 0.25) is 0 Å². The molecular formula is C25H25FN4O2. The maximum atomic E-state index is 14.4. The number of amides is 1. The quantitative estimate of drug-likeness (QED) is 0.591. The second-order valence-electron chi connectivity index (χ2n) is 8.37. The average Bonchev–Trinajstić information content (AvgIpc) is 3.42. The lowest BCUT2D eigenvalue weighted by Gasteiger charge is -2.36. The number of aromatic nitrogens is 2. The van der Waals surface area contributed by atoms with Gasteiger partial charge in [-0.2, -0.15) is 5.10 Å². The number of anilines is 1. The van der Waals surface area contributed by atoms with Crippen molar-refractivity contribution in [3.63, 3.8) is 0 Å². The van der Waals surface area contributed by atoms with Crippen LogP contribution in [-0.4, -0.2) is 52.5 Å². The van der Waals surface area contributed by atoms with Crippen LogP contribution in [0.1, 0.15) is 45.4 Å². The van der Waals surface area contributed by atoms with Crippen LogP contribution in [0.4, 0.5) is 10.1 Å². The lowest BCUT2D eigenvalue weighted by Crippen LogP contribution is -2.49. The molecule has 6 nitrogen and oxygen atoms in total. The maximum Gasteiger partial charge on any atom is 0.274 e. The smallest absolute Gasteiger partial charge is 0.274 e. The van der Waals surface area contributed by atoms with Crippen molar-refractivity contribution in [1.82, 2.24) is 14.7 Å². The summed E-state index contributed by atoms with van der Waals surface area (Å²) in [4.78, 5) is 28.9. The molecule has 5 rings (SSSR count). The molecule has 0 N–H and O–H groups in total. The summed E-state index contributed by atoms with van der Waals surface area (Å²) in [5, 5.41) is 4.58. The largest absolute Gasteiger partial charge is 0.368 e. The van der Waals surface area contributed by atoms with Crippen LogP contribution >= 0.6 is 0 Å².